The topological polar surface area (TPSA) is 51.2 Å². The number of allylic oxidation sites excluding steroid dienone is 4. The van der Waals surface area contributed by atoms with Gasteiger partial charge in [-0.15, -0.1) is 0 Å². The van der Waals surface area contributed by atoms with E-state index in [2.05, 4.69) is 53.7 Å². The number of ketones is 3. The van der Waals surface area contributed by atoms with E-state index in [0.717, 1.165) is 24.8 Å². The molecule has 3 saturated carbocycles. The second kappa shape index (κ2) is 7.52. The lowest BCUT2D eigenvalue weighted by Crippen LogP contribution is -2.61. The molecule has 0 aromatic rings. The van der Waals surface area contributed by atoms with Gasteiger partial charge in [-0.25, -0.2) is 0 Å². The molecule has 0 aromatic carbocycles. The summed E-state index contributed by atoms with van der Waals surface area (Å²) < 4.78 is 0. The fourth-order valence-corrected chi connectivity index (χ4v) is 8.03. The first-order chi connectivity index (χ1) is 14.5. The lowest BCUT2D eigenvalue weighted by atomic mass is 9.41. The monoisotopic (exact) mass is 424 g/mol. The first-order valence-electron chi connectivity index (χ1n) is 12.5. The minimum Gasteiger partial charge on any atom is -0.299 e. The van der Waals surface area contributed by atoms with E-state index in [1.165, 1.54) is 0 Å². The fraction of sp³-hybridized carbons (Fsp3) is 0.750. The molecule has 4 aliphatic carbocycles. The molecule has 0 radical (unpaired) electrons. The summed E-state index contributed by atoms with van der Waals surface area (Å²) >= 11 is 0. The van der Waals surface area contributed by atoms with Crippen LogP contribution in [0.5, 0.6) is 0 Å². The van der Waals surface area contributed by atoms with Crippen molar-refractivity contribution in [2.24, 2.45) is 45.8 Å². The number of carbonyl (C=O) groups is 3. The van der Waals surface area contributed by atoms with Crippen molar-refractivity contribution in [3.8, 4) is 0 Å². The van der Waals surface area contributed by atoms with E-state index in [1.54, 1.807) is 6.08 Å². The Bertz CT molecular complexity index is 863. The Hall–Kier alpha value is -1.51. The van der Waals surface area contributed by atoms with E-state index in [-0.39, 0.29) is 28.3 Å². The van der Waals surface area contributed by atoms with Crippen molar-refractivity contribution >= 4 is 17.3 Å². The van der Waals surface area contributed by atoms with Crippen LogP contribution >= 0.6 is 0 Å². The number of carbonyl (C=O) groups excluding carboxylic acids is 3. The normalized spacial score (nSPS) is 42.3. The SMILES string of the molecule is CC(C)[C@@H](C)/C=C/[C@@H](C)[C@H]1CCC(=O)[C@]23CC(=O)C4=CC(=O)CC[C@]4(C)[C@H]2CC[C@]13C. The van der Waals surface area contributed by atoms with Crippen LogP contribution in [0.4, 0.5) is 0 Å². The molecule has 1 spiro atoms. The molecule has 0 amide bonds. The van der Waals surface area contributed by atoms with Gasteiger partial charge in [0.1, 0.15) is 5.78 Å². The summed E-state index contributed by atoms with van der Waals surface area (Å²) in [5, 5.41) is 0. The Kier molecular flexibility index (Phi) is 5.50. The molecule has 0 heterocycles. The van der Waals surface area contributed by atoms with Crippen molar-refractivity contribution in [3.63, 3.8) is 0 Å². The third kappa shape index (κ3) is 3.09. The van der Waals surface area contributed by atoms with Crippen molar-refractivity contribution in [3.05, 3.63) is 23.8 Å². The second-order valence-corrected chi connectivity index (χ2v) is 11.9. The standard InChI is InChI=1S/C28H40O3/c1-17(2)18(3)7-8-19(4)21-9-10-25(31)28-16-23(30)22-15-20(29)11-13-26(22,5)24(28)12-14-27(21,28)6/h7-8,15,17-19,21,24H,9-14,16H2,1-6H3/b8-7+/t18-,19+,21+,24+,26-,27+,28-/m0/s1. The molecule has 0 unspecified atom stereocenters. The third-order valence-electron chi connectivity index (χ3n) is 10.3. The zero-order valence-electron chi connectivity index (χ0n) is 20.3. The van der Waals surface area contributed by atoms with Crippen molar-refractivity contribution < 1.29 is 14.4 Å². The lowest BCUT2D eigenvalue weighted by Gasteiger charge is -2.60. The van der Waals surface area contributed by atoms with Crippen molar-refractivity contribution in [2.75, 3.05) is 0 Å². The van der Waals surface area contributed by atoms with Crippen molar-refractivity contribution in [1.29, 1.82) is 0 Å². The molecular formula is C28H40O3. The molecular weight excluding hydrogens is 384 g/mol. The Morgan fingerprint density at radius 2 is 1.68 bits per heavy atom. The van der Waals surface area contributed by atoms with Crippen LogP contribution in [0.15, 0.2) is 23.8 Å². The van der Waals surface area contributed by atoms with Crippen LogP contribution < -0.4 is 0 Å². The number of fused-ring (bicyclic) bond motifs is 2. The highest BCUT2D eigenvalue weighted by atomic mass is 16.1. The van der Waals surface area contributed by atoms with E-state index in [0.29, 0.717) is 55.1 Å². The maximum atomic E-state index is 13.7. The van der Waals surface area contributed by atoms with Gasteiger partial charge in [-0.1, -0.05) is 53.7 Å². The van der Waals surface area contributed by atoms with Gasteiger partial charge in [-0.3, -0.25) is 14.4 Å². The summed E-state index contributed by atoms with van der Waals surface area (Å²) in [4.78, 5) is 39.3. The average molecular weight is 425 g/mol. The molecule has 31 heavy (non-hydrogen) atoms. The molecule has 0 aromatic heterocycles. The molecule has 4 aliphatic rings. The maximum Gasteiger partial charge on any atom is 0.160 e. The average Bonchev–Trinajstić information content (AvgIpc) is 3.03. The Labute approximate surface area is 188 Å². The second-order valence-electron chi connectivity index (χ2n) is 11.9. The quantitative estimate of drug-likeness (QED) is 0.511. The summed E-state index contributed by atoms with van der Waals surface area (Å²) in [6, 6.07) is 0. The van der Waals surface area contributed by atoms with Crippen molar-refractivity contribution in [2.45, 2.75) is 86.5 Å². The number of Topliss-reactive ketones (excluding diaryl/α,β-unsaturated/α-hetero) is 2. The Morgan fingerprint density at radius 1 is 0.968 bits per heavy atom. The summed E-state index contributed by atoms with van der Waals surface area (Å²) in [7, 11) is 0. The van der Waals surface area contributed by atoms with E-state index in [4.69, 9.17) is 0 Å². The van der Waals surface area contributed by atoms with Crippen LogP contribution in [-0.4, -0.2) is 17.3 Å². The molecule has 0 bridgehead atoms. The Morgan fingerprint density at radius 3 is 2.35 bits per heavy atom. The van der Waals surface area contributed by atoms with Gasteiger partial charge < -0.3 is 0 Å². The number of hydrogen-bond donors (Lipinski definition) is 0. The van der Waals surface area contributed by atoms with Crippen molar-refractivity contribution in [1.82, 2.24) is 0 Å². The van der Waals surface area contributed by atoms with Gasteiger partial charge in [-0.05, 0) is 66.8 Å². The highest BCUT2D eigenvalue weighted by Crippen LogP contribution is 2.73. The van der Waals surface area contributed by atoms with Crippen LogP contribution in [-0.2, 0) is 14.4 Å². The summed E-state index contributed by atoms with van der Waals surface area (Å²) in [5.74, 6) is 2.60. The lowest BCUT2D eigenvalue weighted by molar-refractivity contribution is -0.164. The number of rotatable bonds is 4. The first-order valence-corrected chi connectivity index (χ1v) is 12.5. The highest BCUT2D eigenvalue weighted by molar-refractivity contribution is 6.08. The summed E-state index contributed by atoms with van der Waals surface area (Å²) in [6.07, 6.45) is 11.4. The fourth-order valence-electron chi connectivity index (χ4n) is 8.03. The van der Waals surface area contributed by atoms with Gasteiger partial charge in [0.15, 0.2) is 11.6 Å². The van der Waals surface area contributed by atoms with E-state index >= 15 is 0 Å². The highest BCUT2D eigenvalue weighted by Gasteiger charge is 2.72. The largest absolute Gasteiger partial charge is 0.299 e. The van der Waals surface area contributed by atoms with E-state index in [9.17, 15) is 14.4 Å². The molecule has 3 heteroatoms. The molecule has 0 aliphatic heterocycles. The van der Waals surface area contributed by atoms with Gasteiger partial charge >= 0.3 is 0 Å². The maximum absolute atomic E-state index is 13.7. The minimum atomic E-state index is -0.550. The predicted octanol–water partition coefficient (Wildman–Crippen LogP) is 6.12. The van der Waals surface area contributed by atoms with E-state index in [1.807, 2.05) is 0 Å². The zero-order valence-corrected chi connectivity index (χ0v) is 20.3. The van der Waals surface area contributed by atoms with Crippen LogP contribution in [0.1, 0.15) is 86.5 Å². The Balaban J connectivity index is 1.74. The van der Waals surface area contributed by atoms with Crippen LogP contribution in [0.25, 0.3) is 0 Å². The molecule has 0 N–H and O–H groups in total. The summed E-state index contributed by atoms with van der Waals surface area (Å²) in [5.41, 5.74) is -0.310. The van der Waals surface area contributed by atoms with Crippen LogP contribution in [0.3, 0.4) is 0 Å². The van der Waals surface area contributed by atoms with Gasteiger partial charge in [0.25, 0.3) is 0 Å². The van der Waals surface area contributed by atoms with Crippen LogP contribution in [0.2, 0.25) is 0 Å². The van der Waals surface area contributed by atoms with Gasteiger partial charge in [0.2, 0.25) is 0 Å². The van der Waals surface area contributed by atoms with Gasteiger partial charge in [0.05, 0.1) is 0 Å². The third-order valence-corrected chi connectivity index (χ3v) is 10.3. The minimum absolute atomic E-state index is 0.0607. The molecule has 3 nitrogen and oxygen atoms in total. The zero-order chi connectivity index (χ0) is 22.8. The van der Waals surface area contributed by atoms with Gasteiger partial charge in [-0.2, -0.15) is 0 Å². The molecule has 170 valence electrons. The summed E-state index contributed by atoms with van der Waals surface area (Å²) in [6.45, 7) is 13.6. The predicted molar refractivity (Wildman–Crippen MR) is 123 cm³/mol. The van der Waals surface area contributed by atoms with Gasteiger partial charge in [0, 0.05) is 35.7 Å². The smallest absolute Gasteiger partial charge is 0.160 e. The number of hydrogen-bond acceptors (Lipinski definition) is 3. The molecule has 4 rings (SSSR count). The molecule has 0 saturated heterocycles. The molecule has 3 fully saturated rings. The molecule has 7 atom stereocenters. The van der Waals surface area contributed by atoms with E-state index < -0.39 is 5.41 Å². The van der Waals surface area contributed by atoms with Crippen LogP contribution in [0, 0.1) is 45.8 Å². The first kappa shape index (κ1) is 22.7.